The Bertz CT molecular complexity index is 628. The van der Waals surface area contributed by atoms with Crippen molar-refractivity contribution in [2.45, 2.75) is 39.8 Å². The standard InChI is InChI=1S/C17H27N5/c1-12(2)16-15(17(21(4)5)22(6)20-16)11-18-10-14-9-7-8-13(3)19-14/h7-9,12,18H,10-11H2,1-6H3. The molecule has 0 amide bonds. The van der Waals surface area contributed by atoms with E-state index in [1.54, 1.807) is 0 Å². The Morgan fingerprint density at radius 3 is 2.55 bits per heavy atom. The highest BCUT2D eigenvalue weighted by atomic mass is 15.4. The molecule has 0 spiro atoms. The number of pyridine rings is 1. The molecule has 2 aromatic rings. The van der Waals surface area contributed by atoms with Crippen LogP contribution in [0, 0.1) is 6.92 Å². The third kappa shape index (κ3) is 3.65. The van der Waals surface area contributed by atoms with Crippen molar-refractivity contribution < 1.29 is 0 Å². The van der Waals surface area contributed by atoms with Crippen LogP contribution in [0.2, 0.25) is 0 Å². The van der Waals surface area contributed by atoms with Gasteiger partial charge in [-0.05, 0) is 25.0 Å². The lowest BCUT2D eigenvalue weighted by atomic mass is 10.1. The molecule has 0 unspecified atom stereocenters. The van der Waals surface area contributed by atoms with Crippen LogP contribution in [-0.2, 0) is 20.1 Å². The fraction of sp³-hybridized carbons (Fsp3) is 0.529. The van der Waals surface area contributed by atoms with E-state index in [1.165, 1.54) is 5.56 Å². The monoisotopic (exact) mass is 301 g/mol. The summed E-state index contributed by atoms with van der Waals surface area (Å²) in [6.45, 7) is 7.96. The first-order valence-corrected chi connectivity index (χ1v) is 7.76. The normalized spacial score (nSPS) is 11.2. The summed E-state index contributed by atoms with van der Waals surface area (Å²) < 4.78 is 1.97. The lowest BCUT2D eigenvalue weighted by molar-refractivity contribution is 0.666. The average Bonchev–Trinajstić information content (AvgIpc) is 2.76. The number of aryl methyl sites for hydroxylation is 2. The first-order valence-electron chi connectivity index (χ1n) is 7.76. The van der Waals surface area contributed by atoms with E-state index >= 15 is 0 Å². The predicted molar refractivity (Wildman–Crippen MR) is 91.1 cm³/mol. The molecule has 0 aliphatic rings. The SMILES string of the molecule is Cc1cccc(CNCc2c(C(C)C)nn(C)c2N(C)C)n1. The van der Waals surface area contributed by atoms with Gasteiger partial charge in [0.2, 0.25) is 0 Å². The van der Waals surface area contributed by atoms with Gasteiger partial charge in [0, 0.05) is 45.5 Å². The molecule has 5 heteroatoms. The van der Waals surface area contributed by atoms with Gasteiger partial charge in [-0.1, -0.05) is 19.9 Å². The van der Waals surface area contributed by atoms with Crippen LogP contribution in [0.25, 0.3) is 0 Å². The van der Waals surface area contributed by atoms with Crippen LogP contribution in [-0.4, -0.2) is 28.9 Å². The molecule has 0 aliphatic carbocycles. The zero-order valence-corrected chi connectivity index (χ0v) is 14.5. The minimum absolute atomic E-state index is 0.411. The van der Waals surface area contributed by atoms with Gasteiger partial charge in [-0.2, -0.15) is 5.10 Å². The summed E-state index contributed by atoms with van der Waals surface area (Å²) in [5, 5.41) is 8.20. The summed E-state index contributed by atoms with van der Waals surface area (Å²) >= 11 is 0. The molecule has 0 aliphatic heterocycles. The minimum Gasteiger partial charge on any atom is -0.363 e. The van der Waals surface area contributed by atoms with Crippen molar-refractivity contribution in [3.05, 3.63) is 40.8 Å². The molecule has 2 heterocycles. The van der Waals surface area contributed by atoms with Crippen LogP contribution in [0.15, 0.2) is 18.2 Å². The number of rotatable bonds is 6. The van der Waals surface area contributed by atoms with Gasteiger partial charge in [-0.15, -0.1) is 0 Å². The maximum atomic E-state index is 4.69. The molecule has 0 fully saturated rings. The Kier molecular flexibility index (Phi) is 5.19. The largest absolute Gasteiger partial charge is 0.363 e. The summed E-state index contributed by atoms with van der Waals surface area (Å²) in [6.07, 6.45) is 0. The number of anilines is 1. The first-order chi connectivity index (χ1) is 10.4. The molecule has 5 nitrogen and oxygen atoms in total. The van der Waals surface area contributed by atoms with Gasteiger partial charge in [0.15, 0.2) is 0 Å². The number of hydrogen-bond acceptors (Lipinski definition) is 4. The molecule has 0 saturated carbocycles. The molecule has 22 heavy (non-hydrogen) atoms. The highest BCUT2D eigenvalue weighted by Gasteiger charge is 2.19. The minimum atomic E-state index is 0.411. The smallest absolute Gasteiger partial charge is 0.130 e. The van der Waals surface area contributed by atoms with Gasteiger partial charge in [0.25, 0.3) is 0 Å². The van der Waals surface area contributed by atoms with Crippen molar-refractivity contribution in [3.8, 4) is 0 Å². The molecule has 120 valence electrons. The van der Waals surface area contributed by atoms with Crippen LogP contribution >= 0.6 is 0 Å². The predicted octanol–water partition coefficient (Wildman–Crippen LogP) is 2.60. The molecule has 0 atom stereocenters. The third-order valence-electron chi connectivity index (χ3n) is 3.67. The molecular formula is C17H27N5. The first kappa shape index (κ1) is 16.5. The van der Waals surface area contributed by atoms with Crippen molar-refractivity contribution in [1.82, 2.24) is 20.1 Å². The van der Waals surface area contributed by atoms with E-state index in [0.717, 1.165) is 36.0 Å². The Morgan fingerprint density at radius 2 is 1.95 bits per heavy atom. The lowest BCUT2D eigenvalue weighted by Crippen LogP contribution is -2.19. The van der Waals surface area contributed by atoms with Crippen molar-refractivity contribution in [3.63, 3.8) is 0 Å². The third-order valence-corrected chi connectivity index (χ3v) is 3.67. The fourth-order valence-corrected chi connectivity index (χ4v) is 2.79. The summed E-state index contributed by atoms with van der Waals surface area (Å²) in [6, 6.07) is 6.12. The van der Waals surface area contributed by atoms with Gasteiger partial charge in [-0.25, -0.2) is 0 Å². The molecule has 2 aromatic heterocycles. The number of nitrogens with one attached hydrogen (secondary N) is 1. The topological polar surface area (TPSA) is 46.0 Å². The molecule has 2 rings (SSSR count). The van der Waals surface area contributed by atoms with E-state index in [0.29, 0.717) is 5.92 Å². The lowest BCUT2D eigenvalue weighted by Gasteiger charge is -2.16. The van der Waals surface area contributed by atoms with Crippen LogP contribution in [0.1, 0.15) is 42.4 Å². The van der Waals surface area contributed by atoms with Crippen LogP contribution < -0.4 is 10.2 Å². The van der Waals surface area contributed by atoms with Gasteiger partial charge in [-0.3, -0.25) is 9.67 Å². The zero-order valence-electron chi connectivity index (χ0n) is 14.5. The molecule has 1 N–H and O–H groups in total. The van der Waals surface area contributed by atoms with E-state index in [9.17, 15) is 0 Å². The summed E-state index contributed by atoms with van der Waals surface area (Å²) in [4.78, 5) is 6.66. The Morgan fingerprint density at radius 1 is 1.23 bits per heavy atom. The molecule has 0 radical (unpaired) electrons. The van der Waals surface area contributed by atoms with Crippen LogP contribution in [0.5, 0.6) is 0 Å². The van der Waals surface area contributed by atoms with E-state index in [2.05, 4.69) is 49.2 Å². The number of hydrogen-bond donors (Lipinski definition) is 1. The highest BCUT2D eigenvalue weighted by Crippen LogP contribution is 2.27. The quantitative estimate of drug-likeness (QED) is 0.891. The average molecular weight is 301 g/mol. The Hall–Kier alpha value is -1.88. The second-order valence-corrected chi connectivity index (χ2v) is 6.23. The summed E-state index contributed by atoms with van der Waals surface area (Å²) in [5.74, 6) is 1.57. The zero-order chi connectivity index (χ0) is 16.3. The van der Waals surface area contributed by atoms with E-state index in [-0.39, 0.29) is 0 Å². The fourth-order valence-electron chi connectivity index (χ4n) is 2.79. The Balaban J connectivity index is 2.14. The second-order valence-electron chi connectivity index (χ2n) is 6.23. The maximum Gasteiger partial charge on any atom is 0.130 e. The van der Waals surface area contributed by atoms with E-state index in [4.69, 9.17) is 5.10 Å². The van der Waals surface area contributed by atoms with Gasteiger partial charge < -0.3 is 10.2 Å². The van der Waals surface area contributed by atoms with Crippen molar-refractivity contribution in [2.75, 3.05) is 19.0 Å². The van der Waals surface area contributed by atoms with E-state index < -0.39 is 0 Å². The summed E-state index contributed by atoms with van der Waals surface area (Å²) in [7, 11) is 6.13. The van der Waals surface area contributed by atoms with Crippen molar-refractivity contribution in [2.24, 2.45) is 7.05 Å². The summed E-state index contributed by atoms with van der Waals surface area (Å²) in [5.41, 5.74) is 4.56. The van der Waals surface area contributed by atoms with Gasteiger partial charge in [0.1, 0.15) is 5.82 Å². The maximum absolute atomic E-state index is 4.69. The van der Waals surface area contributed by atoms with Crippen LogP contribution in [0.3, 0.4) is 0 Å². The number of aromatic nitrogens is 3. The van der Waals surface area contributed by atoms with Crippen LogP contribution in [0.4, 0.5) is 5.82 Å². The second kappa shape index (κ2) is 6.92. The molecule has 0 saturated heterocycles. The van der Waals surface area contributed by atoms with Gasteiger partial charge >= 0.3 is 0 Å². The van der Waals surface area contributed by atoms with Crippen molar-refractivity contribution in [1.29, 1.82) is 0 Å². The van der Waals surface area contributed by atoms with E-state index in [1.807, 2.05) is 30.8 Å². The highest BCUT2D eigenvalue weighted by molar-refractivity contribution is 5.50. The molecule has 0 aromatic carbocycles. The van der Waals surface area contributed by atoms with Crippen molar-refractivity contribution >= 4 is 5.82 Å². The van der Waals surface area contributed by atoms with Gasteiger partial charge in [0.05, 0.1) is 11.4 Å². The number of nitrogens with zero attached hydrogens (tertiary/aromatic N) is 4. The molecule has 0 bridgehead atoms. The Labute approximate surface area is 133 Å². The molecular weight excluding hydrogens is 274 g/mol.